The Morgan fingerprint density at radius 2 is 1.84 bits per heavy atom. The smallest absolute Gasteiger partial charge is 0.233 e. The number of carbonyl (C=O) groups is 1. The molecular weight excluding hydrogens is 513 g/mol. The van der Waals surface area contributed by atoms with Crippen molar-refractivity contribution in [2.24, 2.45) is 5.92 Å². The number of aromatic nitrogens is 4. The lowest BCUT2D eigenvalue weighted by Gasteiger charge is -2.35. The van der Waals surface area contributed by atoms with Crippen molar-refractivity contribution in [2.75, 3.05) is 36.8 Å². The molecule has 2 unspecified atom stereocenters. The molecule has 2 aromatic rings. The van der Waals surface area contributed by atoms with Crippen molar-refractivity contribution in [3.63, 3.8) is 0 Å². The van der Waals surface area contributed by atoms with Crippen LogP contribution in [-0.2, 0) is 21.2 Å². The Kier molecular flexibility index (Phi) is 9.13. The van der Waals surface area contributed by atoms with Gasteiger partial charge >= 0.3 is 0 Å². The summed E-state index contributed by atoms with van der Waals surface area (Å²) >= 11 is 0. The number of hydrogen-bond acceptors (Lipinski definition) is 9. The predicted molar refractivity (Wildman–Crippen MR) is 139 cm³/mol. The number of hydrogen-bond donors (Lipinski definition) is 1. The quantitative estimate of drug-likeness (QED) is 0.256. The van der Waals surface area contributed by atoms with Gasteiger partial charge in [0.2, 0.25) is 22.4 Å². The van der Waals surface area contributed by atoms with Gasteiger partial charge in [-0.2, -0.15) is 4.31 Å². The first-order valence-electron chi connectivity index (χ1n) is 12.6. The van der Waals surface area contributed by atoms with Gasteiger partial charge in [0.1, 0.15) is 11.7 Å². The Bertz CT molecular complexity index is 1250. The van der Waals surface area contributed by atoms with Gasteiger partial charge in [0, 0.05) is 74.4 Å². The summed E-state index contributed by atoms with van der Waals surface area (Å²) in [6, 6.07) is 0.817. The first-order chi connectivity index (χ1) is 18.3. The van der Waals surface area contributed by atoms with Crippen LogP contribution in [0.2, 0.25) is 0 Å². The maximum absolute atomic E-state index is 14.5. The molecule has 13 heteroatoms. The van der Waals surface area contributed by atoms with E-state index in [9.17, 15) is 22.8 Å². The minimum atomic E-state index is -3.75. The van der Waals surface area contributed by atoms with Crippen molar-refractivity contribution in [1.82, 2.24) is 29.3 Å². The van der Waals surface area contributed by atoms with E-state index in [4.69, 9.17) is 0 Å². The molecule has 2 aliphatic rings. The van der Waals surface area contributed by atoms with E-state index in [0.717, 1.165) is 0 Å². The topological polar surface area (TPSA) is 133 Å². The molecule has 38 heavy (non-hydrogen) atoms. The highest BCUT2D eigenvalue weighted by Crippen LogP contribution is 2.32. The average Bonchev–Trinajstić information content (AvgIpc) is 2.94. The number of carbonyl (C=O) groups excluding carboxylic acids is 1. The zero-order valence-corrected chi connectivity index (χ0v) is 22.0. The van der Waals surface area contributed by atoms with Crippen molar-refractivity contribution in [3.8, 4) is 0 Å². The minimum Gasteiger partial charge on any atom is -0.338 e. The van der Waals surface area contributed by atoms with Crippen LogP contribution in [0.5, 0.6) is 0 Å². The maximum atomic E-state index is 14.5. The van der Waals surface area contributed by atoms with Crippen LogP contribution < -0.4 is 4.90 Å². The fourth-order valence-electron chi connectivity index (χ4n) is 4.54. The van der Waals surface area contributed by atoms with Gasteiger partial charge in [-0.3, -0.25) is 10.0 Å². The molecule has 0 bridgehead atoms. The van der Waals surface area contributed by atoms with Crippen LogP contribution in [0.1, 0.15) is 37.6 Å². The zero-order chi connectivity index (χ0) is 27.1. The Hall–Kier alpha value is -3.29. The number of sulfonamides is 1. The van der Waals surface area contributed by atoms with Crippen LogP contribution in [0.3, 0.4) is 0 Å². The predicted octanol–water partition coefficient (Wildman–Crippen LogP) is 2.23. The zero-order valence-electron chi connectivity index (χ0n) is 21.2. The number of rotatable bonds is 11. The second-order valence-corrected chi connectivity index (χ2v) is 11.4. The fourth-order valence-corrected chi connectivity index (χ4v) is 6.28. The fraction of sp³-hybridized carbons (Fsp3) is 0.480. The maximum Gasteiger partial charge on any atom is 0.233 e. The number of amides is 1. The Balaban J connectivity index is 1.33. The molecule has 1 amide bonds. The lowest BCUT2D eigenvalue weighted by atomic mass is 9.93. The molecule has 1 saturated heterocycles. The summed E-state index contributed by atoms with van der Waals surface area (Å²) in [5, 5.41) is 10.4. The molecular formula is C25H32FN7O4S. The Morgan fingerprint density at radius 1 is 1.16 bits per heavy atom. The molecule has 1 N–H and O–H groups in total. The van der Waals surface area contributed by atoms with Crippen LogP contribution in [0, 0.1) is 5.92 Å². The van der Waals surface area contributed by atoms with Gasteiger partial charge in [0.05, 0.1) is 11.8 Å². The van der Waals surface area contributed by atoms with Gasteiger partial charge < -0.3 is 4.90 Å². The van der Waals surface area contributed by atoms with Gasteiger partial charge in [0.15, 0.2) is 0 Å². The van der Waals surface area contributed by atoms with Crippen molar-refractivity contribution in [3.05, 3.63) is 60.2 Å². The van der Waals surface area contributed by atoms with Gasteiger partial charge in [-0.15, -0.1) is 0 Å². The molecule has 0 aromatic carbocycles. The van der Waals surface area contributed by atoms with Crippen molar-refractivity contribution in [1.29, 1.82) is 0 Å². The first kappa shape index (κ1) is 27.7. The van der Waals surface area contributed by atoms with E-state index in [0.29, 0.717) is 60.3 Å². The second-order valence-electron chi connectivity index (χ2n) is 9.43. The molecule has 0 spiro atoms. The molecule has 2 aromatic heterocycles. The summed E-state index contributed by atoms with van der Waals surface area (Å²) in [7, 11) is -3.75. The number of nitrogens with zero attached hydrogens (tertiary/aromatic N) is 7. The van der Waals surface area contributed by atoms with Crippen LogP contribution in [-0.4, -0.2) is 87.3 Å². The number of anilines is 1. The number of hydroxylamine groups is 2. The number of halogens is 1. The van der Waals surface area contributed by atoms with E-state index in [1.54, 1.807) is 36.9 Å². The third kappa shape index (κ3) is 6.77. The number of aryl methyl sites for hydroxylation is 1. The molecule has 4 rings (SSSR count). The summed E-state index contributed by atoms with van der Waals surface area (Å²) in [5.74, 6) is 0.318. The molecule has 0 saturated carbocycles. The second kappa shape index (κ2) is 12.5. The summed E-state index contributed by atoms with van der Waals surface area (Å²) in [6.45, 7) is 3.01. The largest absolute Gasteiger partial charge is 0.338 e. The Morgan fingerprint density at radius 3 is 2.50 bits per heavy atom. The summed E-state index contributed by atoms with van der Waals surface area (Å²) in [6.07, 6.45) is 12.3. The molecule has 1 aliphatic carbocycles. The van der Waals surface area contributed by atoms with E-state index >= 15 is 0 Å². The van der Waals surface area contributed by atoms with Crippen LogP contribution >= 0.6 is 0 Å². The monoisotopic (exact) mass is 545 g/mol. The first-order valence-corrected chi connectivity index (χ1v) is 14.2. The van der Waals surface area contributed by atoms with Gasteiger partial charge in [-0.05, 0) is 25.3 Å². The molecule has 11 nitrogen and oxygen atoms in total. The van der Waals surface area contributed by atoms with E-state index < -0.39 is 21.8 Å². The lowest BCUT2D eigenvalue weighted by molar-refractivity contribution is -0.158. The third-order valence-electron chi connectivity index (χ3n) is 6.77. The van der Waals surface area contributed by atoms with Crippen LogP contribution in [0.15, 0.2) is 48.8 Å². The van der Waals surface area contributed by atoms with E-state index in [1.807, 2.05) is 17.9 Å². The normalized spacial score (nSPS) is 19.4. The average molecular weight is 546 g/mol. The SMILES string of the molecule is CC1CC=CC(c2cnc(N3CCN(S(=O)(=O)CC(CCCc4ncccn4)N(O)C=O)CC3)nc2)=C1F. The van der Waals surface area contributed by atoms with Crippen LogP contribution in [0.4, 0.5) is 10.3 Å². The summed E-state index contributed by atoms with van der Waals surface area (Å²) in [4.78, 5) is 30.1. The van der Waals surface area contributed by atoms with Crippen LogP contribution in [0.25, 0.3) is 5.57 Å². The molecule has 3 heterocycles. The number of piperazine rings is 1. The highest BCUT2D eigenvalue weighted by molar-refractivity contribution is 7.89. The van der Waals surface area contributed by atoms with E-state index in [1.165, 1.54) is 4.31 Å². The summed E-state index contributed by atoms with van der Waals surface area (Å²) in [5.41, 5.74) is 1.09. The van der Waals surface area contributed by atoms with Gasteiger partial charge in [-0.1, -0.05) is 19.1 Å². The standard InChI is InChI=1S/C25H32FN7O4S/c1-19-5-2-7-22(24(19)26)20-15-29-25(30-16-20)31-11-13-32(14-12-31)38(36,37)17-21(33(35)18-34)6-3-8-23-27-9-4-10-28-23/h2,4,7,9-10,15-16,18-19,21,35H,3,5-6,8,11-14,17H2,1H3. The van der Waals surface area contributed by atoms with Crippen molar-refractivity contribution >= 4 is 28.0 Å². The van der Waals surface area contributed by atoms with E-state index in [-0.39, 0.29) is 37.7 Å². The summed E-state index contributed by atoms with van der Waals surface area (Å²) < 4.78 is 42.1. The van der Waals surface area contributed by atoms with Crippen molar-refractivity contribution < 1.29 is 22.8 Å². The van der Waals surface area contributed by atoms with Gasteiger partial charge in [-0.25, -0.2) is 37.8 Å². The molecule has 204 valence electrons. The molecule has 1 aliphatic heterocycles. The highest BCUT2D eigenvalue weighted by Gasteiger charge is 2.32. The minimum absolute atomic E-state index is 0.174. The third-order valence-corrected chi connectivity index (χ3v) is 8.73. The molecule has 1 fully saturated rings. The Labute approximate surface area is 221 Å². The number of allylic oxidation sites excluding steroid dienone is 4. The van der Waals surface area contributed by atoms with E-state index in [2.05, 4.69) is 19.9 Å². The lowest BCUT2D eigenvalue weighted by Crippen LogP contribution is -2.51. The van der Waals surface area contributed by atoms with Crippen molar-refractivity contribution in [2.45, 2.75) is 38.6 Å². The molecule has 2 atom stereocenters. The van der Waals surface area contributed by atoms with Gasteiger partial charge in [0.25, 0.3) is 0 Å². The molecule has 0 radical (unpaired) electrons. The highest BCUT2D eigenvalue weighted by atomic mass is 32.2.